The van der Waals surface area contributed by atoms with Crippen LogP contribution >= 0.6 is 0 Å². The van der Waals surface area contributed by atoms with Crippen molar-refractivity contribution in [3.05, 3.63) is 35.1 Å². The summed E-state index contributed by atoms with van der Waals surface area (Å²) >= 11 is 0. The van der Waals surface area contributed by atoms with Gasteiger partial charge in [0, 0.05) is 11.6 Å². The zero-order valence-electron chi connectivity index (χ0n) is 11.1. The van der Waals surface area contributed by atoms with Gasteiger partial charge in [-0.15, -0.1) is 0 Å². The SMILES string of the molecule is CC(CCN(C)C)NC(=O)c1cc(F)c(F)c(F)c1. The van der Waals surface area contributed by atoms with Gasteiger partial charge < -0.3 is 10.2 Å². The monoisotopic (exact) mass is 274 g/mol. The Morgan fingerprint density at radius 3 is 2.26 bits per heavy atom. The minimum atomic E-state index is -1.57. The van der Waals surface area contributed by atoms with Gasteiger partial charge in [0.15, 0.2) is 17.5 Å². The quantitative estimate of drug-likeness (QED) is 0.835. The van der Waals surface area contributed by atoms with Crippen LogP contribution in [0, 0.1) is 17.5 Å². The van der Waals surface area contributed by atoms with Gasteiger partial charge in [0.2, 0.25) is 0 Å². The molecule has 1 atom stereocenters. The van der Waals surface area contributed by atoms with Gasteiger partial charge in [0.25, 0.3) is 5.91 Å². The summed E-state index contributed by atoms with van der Waals surface area (Å²) in [4.78, 5) is 13.7. The Kier molecular flexibility index (Phi) is 5.35. The number of halogens is 3. The van der Waals surface area contributed by atoms with Crippen molar-refractivity contribution < 1.29 is 18.0 Å². The molecule has 0 aliphatic rings. The van der Waals surface area contributed by atoms with Gasteiger partial charge in [0.05, 0.1) is 0 Å². The van der Waals surface area contributed by atoms with Crippen molar-refractivity contribution >= 4 is 5.91 Å². The molecule has 1 unspecified atom stereocenters. The van der Waals surface area contributed by atoms with Crippen molar-refractivity contribution in [2.24, 2.45) is 0 Å². The summed E-state index contributed by atoms with van der Waals surface area (Å²) in [6.45, 7) is 2.56. The third-order valence-electron chi connectivity index (χ3n) is 2.63. The molecule has 0 aromatic heterocycles. The normalized spacial score (nSPS) is 12.6. The highest BCUT2D eigenvalue weighted by Crippen LogP contribution is 2.13. The molecule has 0 spiro atoms. The average Bonchev–Trinajstić information content (AvgIpc) is 2.32. The smallest absolute Gasteiger partial charge is 0.251 e. The number of nitrogens with one attached hydrogen (secondary N) is 1. The minimum Gasteiger partial charge on any atom is -0.350 e. The summed E-state index contributed by atoms with van der Waals surface area (Å²) in [6.07, 6.45) is 0.699. The molecule has 0 bridgehead atoms. The van der Waals surface area contributed by atoms with Crippen LogP contribution in [0.1, 0.15) is 23.7 Å². The lowest BCUT2D eigenvalue weighted by Gasteiger charge is -2.16. The molecular formula is C13H17F3N2O. The Balaban J connectivity index is 2.68. The first-order chi connectivity index (χ1) is 8.81. The highest BCUT2D eigenvalue weighted by molar-refractivity contribution is 5.94. The van der Waals surface area contributed by atoms with E-state index in [0.29, 0.717) is 18.6 Å². The molecule has 1 aromatic carbocycles. The van der Waals surface area contributed by atoms with Crippen LogP contribution < -0.4 is 5.32 Å². The Bertz CT molecular complexity index is 440. The Labute approximate surface area is 110 Å². The number of hydrogen-bond acceptors (Lipinski definition) is 2. The topological polar surface area (TPSA) is 32.3 Å². The van der Waals surface area contributed by atoms with E-state index in [2.05, 4.69) is 5.32 Å². The van der Waals surface area contributed by atoms with E-state index >= 15 is 0 Å². The van der Waals surface area contributed by atoms with Crippen molar-refractivity contribution in [1.82, 2.24) is 10.2 Å². The molecule has 0 saturated carbocycles. The van der Waals surface area contributed by atoms with Gasteiger partial charge in [-0.3, -0.25) is 4.79 Å². The fourth-order valence-electron chi connectivity index (χ4n) is 1.52. The first-order valence-electron chi connectivity index (χ1n) is 5.91. The fourth-order valence-corrected chi connectivity index (χ4v) is 1.52. The Hall–Kier alpha value is -1.56. The van der Waals surface area contributed by atoms with E-state index in [1.54, 1.807) is 6.92 Å². The molecule has 1 amide bonds. The zero-order chi connectivity index (χ0) is 14.6. The largest absolute Gasteiger partial charge is 0.350 e. The number of rotatable bonds is 5. The van der Waals surface area contributed by atoms with E-state index < -0.39 is 23.4 Å². The molecule has 0 aliphatic carbocycles. The number of amides is 1. The van der Waals surface area contributed by atoms with Gasteiger partial charge >= 0.3 is 0 Å². The molecule has 1 aromatic rings. The highest BCUT2D eigenvalue weighted by Gasteiger charge is 2.16. The minimum absolute atomic E-state index is 0.147. The number of hydrogen-bond donors (Lipinski definition) is 1. The Morgan fingerprint density at radius 2 is 1.79 bits per heavy atom. The first kappa shape index (κ1) is 15.5. The second kappa shape index (κ2) is 6.56. The predicted molar refractivity (Wildman–Crippen MR) is 66.4 cm³/mol. The summed E-state index contributed by atoms with van der Waals surface area (Å²) in [5.74, 6) is -4.93. The molecule has 6 heteroatoms. The zero-order valence-corrected chi connectivity index (χ0v) is 11.1. The highest BCUT2D eigenvalue weighted by atomic mass is 19.2. The van der Waals surface area contributed by atoms with Crippen LogP contribution in [-0.4, -0.2) is 37.5 Å². The lowest BCUT2D eigenvalue weighted by Crippen LogP contribution is -2.34. The van der Waals surface area contributed by atoms with Crippen molar-refractivity contribution in [1.29, 1.82) is 0 Å². The summed E-state index contributed by atoms with van der Waals surface area (Å²) in [6, 6.07) is 1.23. The maximum atomic E-state index is 13.0. The summed E-state index contributed by atoms with van der Waals surface area (Å²) in [7, 11) is 3.80. The first-order valence-corrected chi connectivity index (χ1v) is 5.91. The van der Waals surface area contributed by atoms with Crippen molar-refractivity contribution in [3.63, 3.8) is 0 Å². The molecule has 0 saturated heterocycles. The molecule has 1 rings (SSSR count). The second-order valence-electron chi connectivity index (χ2n) is 4.72. The van der Waals surface area contributed by atoms with Crippen molar-refractivity contribution in [2.75, 3.05) is 20.6 Å². The van der Waals surface area contributed by atoms with E-state index in [1.807, 2.05) is 19.0 Å². The third-order valence-corrected chi connectivity index (χ3v) is 2.63. The van der Waals surface area contributed by atoms with Gasteiger partial charge in [-0.2, -0.15) is 0 Å². The third kappa shape index (κ3) is 4.55. The number of benzene rings is 1. The van der Waals surface area contributed by atoms with E-state index in [9.17, 15) is 18.0 Å². The van der Waals surface area contributed by atoms with E-state index in [1.165, 1.54) is 0 Å². The van der Waals surface area contributed by atoms with Crippen LogP contribution in [0.3, 0.4) is 0 Å². The van der Waals surface area contributed by atoms with Crippen LogP contribution in [0.2, 0.25) is 0 Å². The molecule has 0 radical (unpaired) electrons. The standard InChI is InChI=1S/C13H17F3N2O/c1-8(4-5-18(2)3)17-13(19)9-6-10(14)12(16)11(15)7-9/h6-8H,4-5H2,1-3H3,(H,17,19). The molecular weight excluding hydrogens is 257 g/mol. The van der Waals surface area contributed by atoms with Crippen LogP contribution in [0.15, 0.2) is 12.1 Å². The molecule has 0 aliphatic heterocycles. The lowest BCUT2D eigenvalue weighted by molar-refractivity contribution is 0.0935. The average molecular weight is 274 g/mol. The summed E-state index contributed by atoms with van der Waals surface area (Å²) < 4.78 is 38.7. The summed E-state index contributed by atoms with van der Waals surface area (Å²) in [5, 5.41) is 2.60. The lowest BCUT2D eigenvalue weighted by atomic mass is 10.1. The van der Waals surface area contributed by atoms with Gasteiger partial charge in [-0.1, -0.05) is 0 Å². The predicted octanol–water partition coefficient (Wildman–Crippen LogP) is 2.17. The number of carbonyl (C=O) groups excluding carboxylic acids is 1. The second-order valence-corrected chi connectivity index (χ2v) is 4.72. The van der Waals surface area contributed by atoms with Crippen LogP contribution in [-0.2, 0) is 0 Å². The van der Waals surface area contributed by atoms with Crippen molar-refractivity contribution in [3.8, 4) is 0 Å². The molecule has 19 heavy (non-hydrogen) atoms. The van der Waals surface area contributed by atoms with Crippen molar-refractivity contribution in [2.45, 2.75) is 19.4 Å². The molecule has 0 heterocycles. The van der Waals surface area contributed by atoms with Crippen LogP contribution in [0.25, 0.3) is 0 Å². The molecule has 1 N–H and O–H groups in total. The fraction of sp³-hybridized carbons (Fsp3) is 0.462. The van der Waals surface area contributed by atoms with E-state index in [4.69, 9.17) is 0 Å². The molecule has 3 nitrogen and oxygen atoms in total. The van der Waals surface area contributed by atoms with E-state index in [0.717, 1.165) is 6.54 Å². The number of nitrogens with zero attached hydrogens (tertiary/aromatic N) is 1. The van der Waals surface area contributed by atoms with Crippen LogP contribution in [0.4, 0.5) is 13.2 Å². The van der Waals surface area contributed by atoms with Crippen LogP contribution in [0.5, 0.6) is 0 Å². The summed E-state index contributed by atoms with van der Waals surface area (Å²) in [5.41, 5.74) is -0.229. The maximum absolute atomic E-state index is 13.0. The maximum Gasteiger partial charge on any atom is 0.251 e. The Morgan fingerprint density at radius 1 is 1.26 bits per heavy atom. The van der Waals surface area contributed by atoms with Gasteiger partial charge in [-0.05, 0) is 46.1 Å². The molecule has 0 fully saturated rings. The van der Waals surface area contributed by atoms with E-state index in [-0.39, 0.29) is 11.6 Å². The van der Waals surface area contributed by atoms with Gasteiger partial charge in [-0.25, -0.2) is 13.2 Å². The number of carbonyl (C=O) groups is 1. The molecule has 106 valence electrons. The van der Waals surface area contributed by atoms with Gasteiger partial charge in [0.1, 0.15) is 0 Å².